The molecule has 0 saturated heterocycles. The molecular weight excluding hydrogens is 219 g/mol. The van der Waals surface area contributed by atoms with E-state index in [4.69, 9.17) is 19.6 Å². The highest BCUT2D eigenvalue weighted by atomic mass is 31.2. The van der Waals surface area contributed by atoms with Crippen molar-refractivity contribution in [2.45, 2.75) is 6.16 Å². The zero-order valence-electron chi connectivity index (χ0n) is 8.04. The lowest BCUT2D eigenvalue weighted by atomic mass is 10.2. The summed E-state index contributed by atoms with van der Waals surface area (Å²) in [5, 5.41) is 8.57. The third-order valence-electron chi connectivity index (χ3n) is 1.70. The van der Waals surface area contributed by atoms with Crippen LogP contribution < -0.4 is 4.74 Å². The maximum Gasteiger partial charge on any atom is 0.330 e. The van der Waals surface area contributed by atoms with Crippen molar-refractivity contribution >= 4 is 7.60 Å². The highest BCUT2D eigenvalue weighted by Crippen LogP contribution is 2.41. The van der Waals surface area contributed by atoms with Crippen LogP contribution in [0.5, 0.6) is 5.75 Å². The molecule has 0 radical (unpaired) electrons. The summed E-state index contributed by atoms with van der Waals surface area (Å²) in [7, 11) is -4.09. The Morgan fingerprint density at radius 3 is 2.53 bits per heavy atom. The van der Waals surface area contributed by atoms with E-state index in [2.05, 4.69) is 0 Å². The topological polar surface area (TPSA) is 87.0 Å². The van der Waals surface area contributed by atoms with Crippen LogP contribution in [0.2, 0.25) is 0 Å². The van der Waals surface area contributed by atoms with Gasteiger partial charge >= 0.3 is 7.60 Å². The lowest BCUT2D eigenvalue weighted by Crippen LogP contribution is -2.03. The maximum atomic E-state index is 10.8. The molecule has 0 heterocycles. The van der Waals surface area contributed by atoms with Crippen LogP contribution in [0.1, 0.15) is 5.56 Å². The summed E-state index contributed by atoms with van der Waals surface area (Å²) in [6.45, 7) is -0.0254. The molecule has 1 aromatic rings. The molecule has 6 heteroatoms. The third kappa shape index (κ3) is 4.44. The predicted octanol–water partition coefficient (Wildman–Crippen LogP) is 0.735. The summed E-state index contributed by atoms with van der Waals surface area (Å²) in [4.78, 5) is 17.7. The van der Waals surface area contributed by atoms with Gasteiger partial charge in [-0.05, 0) is 6.07 Å². The number of aliphatic hydroxyl groups excluding tert-OH is 1. The second kappa shape index (κ2) is 5.28. The van der Waals surface area contributed by atoms with Crippen LogP contribution in [-0.4, -0.2) is 28.1 Å². The summed E-state index contributed by atoms with van der Waals surface area (Å²) in [5.41, 5.74) is 0.444. The van der Waals surface area contributed by atoms with Crippen molar-refractivity contribution in [1.29, 1.82) is 0 Å². The first kappa shape index (κ1) is 12.2. The van der Waals surface area contributed by atoms with Gasteiger partial charge in [0, 0.05) is 5.56 Å². The van der Waals surface area contributed by atoms with E-state index in [9.17, 15) is 4.57 Å². The van der Waals surface area contributed by atoms with Gasteiger partial charge in [-0.3, -0.25) is 4.57 Å². The molecule has 0 aliphatic heterocycles. The lowest BCUT2D eigenvalue weighted by molar-refractivity contribution is 0.200. The number of hydrogen-bond acceptors (Lipinski definition) is 3. The van der Waals surface area contributed by atoms with E-state index >= 15 is 0 Å². The summed E-state index contributed by atoms with van der Waals surface area (Å²) in [5.74, 6) is 0.398. The zero-order valence-corrected chi connectivity index (χ0v) is 8.93. The number of para-hydroxylation sites is 1. The number of rotatable bonds is 5. The molecule has 1 rings (SSSR count). The zero-order chi connectivity index (χ0) is 11.3. The van der Waals surface area contributed by atoms with Crippen LogP contribution in [0.3, 0.4) is 0 Å². The second-order valence-corrected chi connectivity index (χ2v) is 4.65. The fraction of sp³-hybridized carbons (Fsp3) is 0.333. The Morgan fingerprint density at radius 2 is 1.93 bits per heavy atom. The molecule has 0 saturated carbocycles. The van der Waals surface area contributed by atoms with Crippen molar-refractivity contribution in [3.05, 3.63) is 29.8 Å². The smallest absolute Gasteiger partial charge is 0.330 e. The van der Waals surface area contributed by atoms with Crippen molar-refractivity contribution in [3.63, 3.8) is 0 Å². The first-order chi connectivity index (χ1) is 7.03. The van der Waals surface area contributed by atoms with E-state index in [1.165, 1.54) is 0 Å². The summed E-state index contributed by atoms with van der Waals surface area (Å²) in [6.07, 6.45) is -0.353. The molecule has 0 unspecified atom stereocenters. The van der Waals surface area contributed by atoms with Gasteiger partial charge in [-0.25, -0.2) is 0 Å². The maximum absolute atomic E-state index is 10.8. The Morgan fingerprint density at radius 1 is 1.27 bits per heavy atom. The minimum absolute atomic E-state index is 0.109. The first-order valence-electron chi connectivity index (χ1n) is 4.39. The van der Waals surface area contributed by atoms with Crippen LogP contribution >= 0.6 is 7.60 Å². The third-order valence-corrected chi connectivity index (χ3v) is 2.45. The predicted molar refractivity (Wildman–Crippen MR) is 54.8 cm³/mol. The van der Waals surface area contributed by atoms with Gasteiger partial charge in [0.1, 0.15) is 12.4 Å². The molecular formula is C9H13O5P. The molecule has 0 aromatic heterocycles. The minimum Gasteiger partial charge on any atom is -0.491 e. The Hall–Kier alpha value is -0.870. The average Bonchev–Trinajstić information content (AvgIpc) is 2.14. The Balaban J connectivity index is 2.81. The van der Waals surface area contributed by atoms with E-state index in [0.29, 0.717) is 11.3 Å². The van der Waals surface area contributed by atoms with Crippen molar-refractivity contribution in [3.8, 4) is 5.75 Å². The van der Waals surface area contributed by atoms with Gasteiger partial charge in [0.05, 0.1) is 12.8 Å². The lowest BCUT2D eigenvalue weighted by Gasteiger charge is -2.10. The van der Waals surface area contributed by atoms with Crippen LogP contribution in [0, 0.1) is 0 Å². The number of hydrogen-bond donors (Lipinski definition) is 3. The average molecular weight is 232 g/mol. The number of benzene rings is 1. The Labute approximate surface area is 87.5 Å². The fourth-order valence-electron chi connectivity index (χ4n) is 1.15. The Kier molecular flexibility index (Phi) is 4.29. The molecule has 0 aliphatic rings. The van der Waals surface area contributed by atoms with Crippen LogP contribution in [0.25, 0.3) is 0 Å². The quantitative estimate of drug-likeness (QED) is 0.651. The van der Waals surface area contributed by atoms with Crippen molar-refractivity contribution in [2.24, 2.45) is 0 Å². The standard InChI is InChI=1S/C9H13O5P/c10-5-6-14-9-4-2-1-3-8(9)7-15(11,12)13/h1-4,10H,5-7H2,(H2,11,12,13). The molecule has 84 valence electrons. The van der Waals surface area contributed by atoms with Gasteiger partial charge < -0.3 is 19.6 Å². The highest BCUT2D eigenvalue weighted by Gasteiger charge is 2.16. The second-order valence-electron chi connectivity index (χ2n) is 3.00. The normalized spacial score (nSPS) is 11.4. The molecule has 15 heavy (non-hydrogen) atoms. The number of ether oxygens (including phenoxy) is 1. The van der Waals surface area contributed by atoms with E-state index in [1.807, 2.05) is 0 Å². The van der Waals surface area contributed by atoms with E-state index in [0.717, 1.165) is 0 Å². The molecule has 0 spiro atoms. The van der Waals surface area contributed by atoms with E-state index in [1.54, 1.807) is 24.3 Å². The molecule has 1 aromatic carbocycles. The van der Waals surface area contributed by atoms with Gasteiger partial charge in [-0.15, -0.1) is 0 Å². The van der Waals surface area contributed by atoms with Crippen molar-refractivity contribution in [2.75, 3.05) is 13.2 Å². The van der Waals surface area contributed by atoms with Crippen LogP contribution in [-0.2, 0) is 10.7 Å². The molecule has 5 nitrogen and oxygen atoms in total. The summed E-state index contributed by atoms with van der Waals surface area (Å²) < 4.78 is 16.0. The minimum atomic E-state index is -4.09. The van der Waals surface area contributed by atoms with Gasteiger partial charge in [0.2, 0.25) is 0 Å². The van der Waals surface area contributed by atoms with Gasteiger partial charge in [-0.2, -0.15) is 0 Å². The van der Waals surface area contributed by atoms with Gasteiger partial charge in [0.25, 0.3) is 0 Å². The molecule has 0 bridgehead atoms. The first-order valence-corrected chi connectivity index (χ1v) is 6.19. The SMILES string of the molecule is O=P(O)(O)Cc1ccccc1OCCO. The number of aliphatic hydroxyl groups is 1. The highest BCUT2D eigenvalue weighted by molar-refractivity contribution is 7.50. The van der Waals surface area contributed by atoms with Gasteiger partial charge in [-0.1, -0.05) is 18.2 Å². The van der Waals surface area contributed by atoms with Crippen LogP contribution in [0.15, 0.2) is 24.3 Å². The monoisotopic (exact) mass is 232 g/mol. The molecule has 0 amide bonds. The molecule has 0 aliphatic carbocycles. The summed E-state index contributed by atoms with van der Waals surface area (Å²) >= 11 is 0. The van der Waals surface area contributed by atoms with Crippen molar-refractivity contribution in [1.82, 2.24) is 0 Å². The largest absolute Gasteiger partial charge is 0.491 e. The molecule has 0 fully saturated rings. The van der Waals surface area contributed by atoms with Crippen LogP contribution in [0.4, 0.5) is 0 Å². The Bertz CT molecular complexity index is 359. The van der Waals surface area contributed by atoms with E-state index < -0.39 is 7.60 Å². The van der Waals surface area contributed by atoms with E-state index in [-0.39, 0.29) is 19.4 Å². The van der Waals surface area contributed by atoms with Crippen molar-refractivity contribution < 1.29 is 24.2 Å². The van der Waals surface area contributed by atoms with Gasteiger partial charge in [0.15, 0.2) is 0 Å². The summed E-state index contributed by atoms with van der Waals surface area (Å²) in [6, 6.07) is 6.58. The molecule has 3 N–H and O–H groups in total. The fourth-order valence-corrected chi connectivity index (χ4v) is 1.86. The molecule has 0 atom stereocenters.